The molecule has 0 aliphatic heterocycles. The number of amides is 1. The second-order valence-corrected chi connectivity index (χ2v) is 5.04. The zero-order valence-corrected chi connectivity index (χ0v) is 12.3. The van der Waals surface area contributed by atoms with Gasteiger partial charge in [-0.25, -0.2) is 4.98 Å². The molecule has 1 amide bonds. The Kier molecular flexibility index (Phi) is 4.57. The second-order valence-electron chi connectivity index (χ2n) is 5.04. The third-order valence-corrected chi connectivity index (χ3v) is 3.51. The molecule has 2 rings (SSSR count). The first-order chi connectivity index (χ1) is 10.0. The van der Waals surface area contributed by atoms with Gasteiger partial charge in [-0.05, 0) is 31.0 Å². The summed E-state index contributed by atoms with van der Waals surface area (Å²) in [7, 11) is 0. The summed E-state index contributed by atoms with van der Waals surface area (Å²) >= 11 is 0. The molecule has 0 saturated heterocycles. The molecule has 3 N–H and O–H groups in total. The van der Waals surface area contributed by atoms with Crippen molar-refractivity contribution in [2.24, 2.45) is 0 Å². The van der Waals surface area contributed by atoms with E-state index in [1.165, 1.54) is 10.9 Å². The number of nitrogens with one attached hydrogen (secondary N) is 1. The quantitative estimate of drug-likeness (QED) is 0.811. The van der Waals surface area contributed by atoms with Gasteiger partial charge in [-0.2, -0.15) is 0 Å². The maximum Gasteiger partial charge on any atom is 0.261 e. The summed E-state index contributed by atoms with van der Waals surface area (Å²) < 4.78 is 1.31. The van der Waals surface area contributed by atoms with Crippen LogP contribution in [0, 0.1) is 0 Å². The molecule has 1 aromatic heterocycles. The molecule has 0 radical (unpaired) electrons. The van der Waals surface area contributed by atoms with Crippen LogP contribution in [0.3, 0.4) is 0 Å². The third kappa shape index (κ3) is 3.39. The minimum Gasteiger partial charge on any atom is -0.399 e. The number of nitrogens with two attached hydrogens (primary N) is 1. The van der Waals surface area contributed by atoms with Crippen LogP contribution in [0.15, 0.2) is 29.3 Å². The second kappa shape index (κ2) is 6.39. The van der Waals surface area contributed by atoms with Crippen LogP contribution < -0.4 is 16.6 Å². The maximum absolute atomic E-state index is 12.3. The van der Waals surface area contributed by atoms with E-state index >= 15 is 0 Å². The number of carbonyl (C=O) groups excluding carboxylic acids is 1. The van der Waals surface area contributed by atoms with Crippen molar-refractivity contribution in [3.63, 3.8) is 0 Å². The van der Waals surface area contributed by atoms with E-state index in [1.54, 1.807) is 18.2 Å². The van der Waals surface area contributed by atoms with Gasteiger partial charge in [0.15, 0.2) is 0 Å². The fourth-order valence-corrected chi connectivity index (χ4v) is 2.21. The number of hydrogen-bond acceptors (Lipinski definition) is 4. The van der Waals surface area contributed by atoms with E-state index in [0.29, 0.717) is 16.6 Å². The summed E-state index contributed by atoms with van der Waals surface area (Å²) in [6.45, 7) is 4.00. The lowest BCUT2D eigenvalue weighted by Crippen LogP contribution is -2.38. The molecule has 1 heterocycles. The van der Waals surface area contributed by atoms with Crippen LogP contribution in [0.2, 0.25) is 0 Å². The number of rotatable bonds is 5. The molecule has 0 saturated carbocycles. The van der Waals surface area contributed by atoms with E-state index in [1.807, 2.05) is 13.8 Å². The van der Waals surface area contributed by atoms with E-state index in [2.05, 4.69) is 10.3 Å². The molecule has 6 nitrogen and oxygen atoms in total. The molecular formula is C15H20N4O2. The van der Waals surface area contributed by atoms with E-state index in [9.17, 15) is 9.59 Å². The van der Waals surface area contributed by atoms with Crippen LogP contribution >= 0.6 is 0 Å². The number of nitrogen functional groups attached to an aromatic ring is 1. The van der Waals surface area contributed by atoms with Crippen molar-refractivity contribution >= 4 is 22.5 Å². The van der Waals surface area contributed by atoms with Gasteiger partial charge in [0.05, 0.1) is 17.2 Å². The maximum atomic E-state index is 12.3. The first kappa shape index (κ1) is 15.0. The van der Waals surface area contributed by atoms with E-state index in [-0.39, 0.29) is 24.1 Å². The van der Waals surface area contributed by atoms with Crippen LogP contribution in [0.4, 0.5) is 5.69 Å². The Morgan fingerprint density at radius 2 is 2.10 bits per heavy atom. The highest BCUT2D eigenvalue weighted by molar-refractivity contribution is 5.81. The van der Waals surface area contributed by atoms with Crippen molar-refractivity contribution < 1.29 is 4.79 Å². The lowest BCUT2D eigenvalue weighted by molar-refractivity contribution is -0.122. The van der Waals surface area contributed by atoms with Gasteiger partial charge in [0.1, 0.15) is 6.54 Å². The van der Waals surface area contributed by atoms with Crippen molar-refractivity contribution in [1.82, 2.24) is 14.9 Å². The van der Waals surface area contributed by atoms with Crippen molar-refractivity contribution in [2.45, 2.75) is 39.3 Å². The molecule has 6 heteroatoms. The molecule has 0 spiro atoms. The summed E-state index contributed by atoms with van der Waals surface area (Å²) in [4.78, 5) is 28.5. The highest BCUT2D eigenvalue weighted by atomic mass is 16.2. The largest absolute Gasteiger partial charge is 0.399 e. The van der Waals surface area contributed by atoms with Gasteiger partial charge in [-0.1, -0.05) is 13.8 Å². The van der Waals surface area contributed by atoms with Gasteiger partial charge in [0.2, 0.25) is 5.91 Å². The Morgan fingerprint density at radius 1 is 1.38 bits per heavy atom. The summed E-state index contributed by atoms with van der Waals surface area (Å²) in [6.07, 6.45) is 3.13. The highest BCUT2D eigenvalue weighted by Crippen LogP contribution is 2.10. The SMILES string of the molecule is CCC(CC)NC(=O)Cn1cnc2ccc(N)cc2c1=O. The van der Waals surface area contributed by atoms with Crippen LogP contribution in [0.5, 0.6) is 0 Å². The number of aromatic nitrogens is 2. The normalized spacial score (nSPS) is 11.0. The zero-order valence-electron chi connectivity index (χ0n) is 12.3. The highest BCUT2D eigenvalue weighted by Gasteiger charge is 2.11. The van der Waals surface area contributed by atoms with E-state index in [0.717, 1.165) is 12.8 Å². The number of hydrogen-bond donors (Lipinski definition) is 2. The molecule has 2 aromatic rings. The Balaban J connectivity index is 2.25. The lowest BCUT2D eigenvalue weighted by Gasteiger charge is -2.15. The molecular weight excluding hydrogens is 268 g/mol. The summed E-state index contributed by atoms with van der Waals surface area (Å²) in [6, 6.07) is 5.11. The summed E-state index contributed by atoms with van der Waals surface area (Å²) in [5, 5.41) is 3.32. The van der Waals surface area contributed by atoms with Crippen molar-refractivity contribution in [2.75, 3.05) is 5.73 Å². The van der Waals surface area contributed by atoms with E-state index in [4.69, 9.17) is 5.73 Å². The number of fused-ring (bicyclic) bond motifs is 1. The summed E-state index contributed by atoms with van der Waals surface area (Å²) in [5.74, 6) is -0.184. The van der Waals surface area contributed by atoms with Crippen molar-refractivity contribution in [3.8, 4) is 0 Å². The molecule has 0 atom stereocenters. The topological polar surface area (TPSA) is 90.0 Å². The predicted octanol–water partition coefficient (Wildman–Crippen LogP) is 1.28. The zero-order chi connectivity index (χ0) is 15.4. The Morgan fingerprint density at radius 3 is 2.76 bits per heavy atom. The molecule has 0 aliphatic carbocycles. The fraction of sp³-hybridized carbons (Fsp3) is 0.400. The first-order valence-electron chi connectivity index (χ1n) is 7.09. The Bertz CT molecular complexity index is 704. The molecule has 0 bridgehead atoms. The number of nitrogens with zero attached hydrogens (tertiary/aromatic N) is 2. The van der Waals surface area contributed by atoms with Crippen molar-refractivity contribution in [3.05, 3.63) is 34.9 Å². The van der Waals surface area contributed by atoms with Crippen molar-refractivity contribution in [1.29, 1.82) is 0 Å². The average molecular weight is 288 g/mol. The predicted molar refractivity (Wildman–Crippen MR) is 82.9 cm³/mol. The fourth-order valence-electron chi connectivity index (χ4n) is 2.21. The minimum atomic E-state index is -0.257. The van der Waals surface area contributed by atoms with Gasteiger partial charge >= 0.3 is 0 Å². The third-order valence-electron chi connectivity index (χ3n) is 3.51. The monoisotopic (exact) mass is 288 g/mol. The Hall–Kier alpha value is -2.37. The first-order valence-corrected chi connectivity index (χ1v) is 7.09. The van der Waals surface area contributed by atoms with Crippen LogP contribution in [-0.2, 0) is 11.3 Å². The summed E-state index contributed by atoms with van der Waals surface area (Å²) in [5.41, 5.74) is 6.51. The smallest absolute Gasteiger partial charge is 0.261 e. The number of anilines is 1. The lowest BCUT2D eigenvalue weighted by atomic mass is 10.2. The molecule has 0 aliphatic rings. The van der Waals surface area contributed by atoms with E-state index < -0.39 is 0 Å². The standard InChI is InChI=1S/C15H20N4O2/c1-3-11(4-2)18-14(20)8-19-9-17-13-6-5-10(16)7-12(13)15(19)21/h5-7,9,11H,3-4,8,16H2,1-2H3,(H,18,20). The number of benzene rings is 1. The molecule has 21 heavy (non-hydrogen) atoms. The van der Waals surface area contributed by atoms with Gasteiger partial charge in [0.25, 0.3) is 5.56 Å². The molecule has 0 fully saturated rings. The van der Waals surface area contributed by atoms with Gasteiger partial charge in [0, 0.05) is 11.7 Å². The van der Waals surface area contributed by atoms with Gasteiger partial charge in [-0.3, -0.25) is 14.2 Å². The Labute approximate surface area is 123 Å². The average Bonchev–Trinajstić information content (AvgIpc) is 2.48. The number of carbonyl (C=O) groups is 1. The molecule has 112 valence electrons. The van der Waals surface area contributed by atoms with Gasteiger partial charge in [-0.15, -0.1) is 0 Å². The van der Waals surface area contributed by atoms with Crippen LogP contribution in [0.25, 0.3) is 10.9 Å². The minimum absolute atomic E-state index is 0.0347. The van der Waals surface area contributed by atoms with Gasteiger partial charge < -0.3 is 11.1 Å². The molecule has 1 aromatic carbocycles. The van der Waals surface area contributed by atoms with Crippen LogP contribution in [-0.4, -0.2) is 21.5 Å². The van der Waals surface area contributed by atoms with Crippen LogP contribution in [0.1, 0.15) is 26.7 Å². The molecule has 0 unspecified atom stereocenters.